The lowest BCUT2D eigenvalue weighted by atomic mass is 9.92. The standard InChI is InChI=1S/C18H16ClN5/c1-18(2,3)16-17(24-11-13(19)7-8-15(24)21-16)23-22-14-6-4-5-12(9-14)10-20/h4-9,11H,1-3H3. The molecule has 6 heteroatoms. The molecule has 24 heavy (non-hydrogen) atoms. The first-order valence-corrected chi connectivity index (χ1v) is 7.86. The second-order valence-electron chi connectivity index (χ2n) is 6.47. The van der Waals surface area contributed by atoms with Crippen LogP contribution in [0.1, 0.15) is 32.0 Å². The molecule has 2 heterocycles. The quantitative estimate of drug-likeness (QED) is 0.573. The van der Waals surface area contributed by atoms with E-state index < -0.39 is 0 Å². The Bertz CT molecular complexity index is 973. The molecule has 0 saturated heterocycles. The molecule has 3 aromatic rings. The number of fused-ring (bicyclic) bond motifs is 1. The van der Waals surface area contributed by atoms with Crippen LogP contribution in [0, 0.1) is 11.3 Å². The molecule has 0 spiro atoms. The molecule has 0 N–H and O–H groups in total. The van der Waals surface area contributed by atoms with Crippen LogP contribution in [0.4, 0.5) is 11.5 Å². The van der Waals surface area contributed by atoms with E-state index in [2.05, 4.69) is 42.1 Å². The number of azo groups is 1. The summed E-state index contributed by atoms with van der Waals surface area (Å²) in [5.74, 6) is 0.641. The molecule has 2 aromatic heterocycles. The third-order valence-corrected chi connectivity index (χ3v) is 3.73. The van der Waals surface area contributed by atoms with Gasteiger partial charge in [0.2, 0.25) is 0 Å². The molecule has 0 unspecified atom stereocenters. The Kier molecular flexibility index (Phi) is 4.08. The second-order valence-corrected chi connectivity index (χ2v) is 6.91. The smallest absolute Gasteiger partial charge is 0.183 e. The number of hydrogen-bond donors (Lipinski definition) is 0. The van der Waals surface area contributed by atoms with E-state index in [0.717, 1.165) is 11.3 Å². The minimum Gasteiger partial charge on any atom is -0.281 e. The predicted octanol–water partition coefficient (Wildman–Crippen LogP) is 5.57. The fraction of sp³-hybridized carbons (Fsp3) is 0.222. The lowest BCUT2D eigenvalue weighted by Crippen LogP contribution is -2.11. The molecule has 0 aliphatic heterocycles. The summed E-state index contributed by atoms with van der Waals surface area (Å²) in [5.41, 5.74) is 2.57. The third kappa shape index (κ3) is 3.15. The highest BCUT2D eigenvalue weighted by Crippen LogP contribution is 2.33. The Morgan fingerprint density at radius 1 is 1.17 bits per heavy atom. The number of aromatic nitrogens is 2. The maximum absolute atomic E-state index is 8.99. The van der Waals surface area contributed by atoms with E-state index in [4.69, 9.17) is 16.9 Å². The minimum atomic E-state index is -0.193. The number of imidazole rings is 1. The molecule has 3 rings (SSSR count). The zero-order chi connectivity index (χ0) is 17.3. The van der Waals surface area contributed by atoms with Gasteiger partial charge in [-0.3, -0.25) is 4.40 Å². The van der Waals surface area contributed by atoms with Gasteiger partial charge >= 0.3 is 0 Å². The van der Waals surface area contributed by atoms with Crippen LogP contribution in [0.15, 0.2) is 52.8 Å². The molecule has 0 radical (unpaired) electrons. The van der Waals surface area contributed by atoms with Gasteiger partial charge in [0.05, 0.1) is 28.0 Å². The van der Waals surface area contributed by atoms with Gasteiger partial charge in [-0.05, 0) is 30.3 Å². The SMILES string of the molecule is CC(C)(C)c1nc2ccc(Cl)cn2c1N=Nc1cccc(C#N)c1. The molecule has 0 aliphatic rings. The first-order valence-electron chi connectivity index (χ1n) is 7.48. The minimum absolute atomic E-state index is 0.193. The number of rotatable bonds is 2. The van der Waals surface area contributed by atoms with E-state index in [1.165, 1.54) is 0 Å². The van der Waals surface area contributed by atoms with E-state index in [1.807, 2.05) is 10.5 Å². The number of hydrogen-bond acceptors (Lipinski definition) is 4. The molecule has 0 fully saturated rings. The molecule has 5 nitrogen and oxygen atoms in total. The van der Waals surface area contributed by atoms with E-state index >= 15 is 0 Å². The number of nitriles is 1. The van der Waals surface area contributed by atoms with Crippen LogP contribution in [0.25, 0.3) is 5.65 Å². The number of nitrogens with zero attached hydrogens (tertiary/aromatic N) is 5. The number of benzene rings is 1. The van der Waals surface area contributed by atoms with Crippen LogP contribution in [0.3, 0.4) is 0 Å². The van der Waals surface area contributed by atoms with Crippen molar-refractivity contribution < 1.29 is 0 Å². The van der Waals surface area contributed by atoms with Crippen LogP contribution < -0.4 is 0 Å². The maximum Gasteiger partial charge on any atom is 0.183 e. The van der Waals surface area contributed by atoms with Crippen LogP contribution >= 0.6 is 11.6 Å². The van der Waals surface area contributed by atoms with Crippen molar-refractivity contribution in [2.45, 2.75) is 26.2 Å². The molecule has 0 bridgehead atoms. The first kappa shape index (κ1) is 16.2. The van der Waals surface area contributed by atoms with Crippen molar-refractivity contribution in [3.63, 3.8) is 0 Å². The summed E-state index contributed by atoms with van der Waals surface area (Å²) in [7, 11) is 0. The van der Waals surface area contributed by atoms with Gasteiger partial charge in [0, 0.05) is 11.6 Å². The fourth-order valence-corrected chi connectivity index (χ4v) is 2.51. The van der Waals surface area contributed by atoms with Gasteiger partial charge in [0.1, 0.15) is 5.65 Å². The average molecular weight is 338 g/mol. The van der Waals surface area contributed by atoms with Crippen molar-refractivity contribution in [1.29, 1.82) is 5.26 Å². The van der Waals surface area contributed by atoms with Crippen molar-refractivity contribution in [3.8, 4) is 6.07 Å². The highest BCUT2D eigenvalue weighted by Gasteiger charge is 2.24. The zero-order valence-electron chi connectivity index (χ0n) is 13.7. The van der Waals surface area contributed by atoms with Gasteiger partial charge < -0.3 is 0 Å². The lowest BCUT2D eigenvalue weighted by molar-refractivity contribution is 0.574. The summed E-state index contributed by atoms with van der Waals surface area (Å²) in [4.78, 5) is 4.67. The van der Waals surface area contributed by atoms with E-state index in [9.17, 15) is 0 Å². The number of pyridine rings is 1. The summed E-state index contributed by atoms with van der Waals surface area (Å²) in [6.07, 6.45) is 1.78. The van der Waals surface area contributed by atoms with Crippen LogP contribution in [-0.4, -0.2) is 9.38 Å². The highest BCUT2D eigenvalue weighted by molar-refractivity contribution is 6.30. The Balaban J connectivity index is 2.15. The van der Waals surface area contributed by atoms with E-state index in [0.29, 0.717) is 22.1 Å². The molecule has 0 saturated carbocycles. The summed E-state index contributed by atoms with van der Waals surface area (Å²) < 4.78 is 1.83. The largest absolute Gasteiger partial charge is 0.281 e. The molecule has 1 aromatic carbocycles. The van der Waals surface area contributed by atoms with Gasteiger partial charge in [-0.1, -0.05) is 38.4 Å². The normalized spacial score (nSPS) is 12.0. The van der Waals surface area contributed by atoms with Gasteiger partial charge in [-0.15, -0.1) is 10.2 Å². The van der Waals surface area contributed by atoms with Gasteiger partial charge in [-0.2, -0.15) is 5.26 Å². The van der Waals surface area contributed by atoms with Gasteiger partial charge in [-0.25, -0.2) is 4.98 Å². The Morgan fingerprint density at radius 3 is 2.67 bits per heavy atom. The first-order chi connectivity index (χ1) is 11.4. The lowest BCUT2D eigenvalue weighted by Gasteiger charge is -2.15. The van der Waals surface area contributed by atoms with Crippen LogP contribution in [0.2, 0.25) is 5.02 Å². The molecular formula is C18H16ClN5. The Morgan fingerprint density at radius 2 is 1.96 bits per heavy atom. The van der Waals surface area contributed by atoms with Crippen molar-refractivity contribution in [1.82, 2.24) is 9.38 Å². The summed E-state index contributed by atoms with van der Waals surface area (Å²) >= 11 is 6.11. The van der Waals surface area contributed by atoms with Crippen molar-refractivity contribution in [2.75, 3.05) is 0 Å². The summed E-state index contributed by atoms with van der Waals surface area (Å²) in [6, 6.07) is 12.8. The average Bonchev–Trinajstić information content (AvgIpc) is 2.91. The topological polar surface area (TPSA) is 65.8 Å². The second kappa shape index (κ2) is 6.06. The van der Waals surface area contributed by atoms with Crippen molar-refractivity contribution >= 4 is 28.8 Å². The molecule has 0 aliphatic carbocycles. The van der Waals surface area contributed by atoms with Crippen molar-refractivity contribution in [3.05, 3.63) is 58.9 Å². The van der Waals surface area contributed by atoms with Crippen LogP contribution in [0.5, 0.6) is 0 Å². The van der Waals surface area contributed by atoms with E-state index in [-0.39, 0.29) is 5.41 Å². The monoisotopic (exact) mass is 337 g/mol. The van der Waals surface area contributed by atoms with Gasteiger partial charge in [0.25, 0.3) is 0 Å². The number of halogens is 1. The molecular weight excluding hydrogens is 322 g/mol. The Hall–Kier alpha value is -2.71. The molecule has 0 atom stereocenters. The molecule has 120 valence electrons. The van der Waals surface area contributed by atoms with Crippen LogP contribution in [-0.2, 0) is 5.41 Å². The molecule has 0 amide bonds. The highest BCUT2D eigenvalue weighted by atomic mass is 35.5. The van der Waals surface area contributed by atoms with E-state index in [1.54, 1.807) is 36.5 Å². The van der Waals surface area contributed by atoms with Gasteiger partial charge in [0.15, 0.2) is 5.82 Å². The fourth-order valence-electron chi connectivity index (χ4n) is 2.35. The zero-order valence-corrected chi connectivity index (χ0v) is 14.4. The summed E-state index contributed by atoms with van der Waals surface area (Å²) in [5, 5.41) is 18.3. The predicted molar refractivity (Wildman–Crippen MR) is 94.2 cm³/mol. The Labute approximate surface area is 145 Å². The third-order valence-electron chi connectivity index (χ3n) is 3.50. The maximum atomic E-state index is 8.99. The summed E-state index contributed by atoms with van der Waals surface area (Å²) in [6.45, 7) is 6.23. The van der Waals surface area contributed by atoms with Crippen molar-refractivity contribution in [2.24, 2.45) is 10.2 Å².